The van der Waals surface area contributed by atoms with Crippen molar-refractivity contribution in [3.63, 3.8) is 0 Å². The maximum Gasteiger partial charge on any atom is 0.306 e. The molecule has 0 aliphatic rings. The van der Waals surface area contributed by atoms with Gasteiger partial charge in [-0.3, -0.25) is 9.59 Å². The van der Waals surface area contributed by atoms with Gasteiger partial charge in [0.05, 0.1) is 6.61 Å². The lowest BCUT2D eigenvalue weighted by molar-refractivity contribution is -0.161. The van der Waals surface area contributed by atoms with Crippen molar-refractivity contribution in [3.8, 4) is 0 Å². The lowest BCUT2D eigenvalue weighted by atomic mass is 10.0. The van der Waals surface area contributed by atoms with Crippen molar-refractivity contribution in [1.82, 2.24) is 0 Å². The van der Waals surface area contributed by atoms with Gasteiger partial charge in [0.1, 0.15) is 6.61 Å². The lowest BCUT2D eigenvalue weighted by Crippen LogP contribution is -2.28. The molecule has 0 saturated heterocycles. The first kappa shape index (κ1) is 70.3. The second kappa shape index (κ2) is 63.6. The number of hydrogen-bond acceptors (Lipinski definition) is 5. The highest BCUT2D eigenvalue weighted by atomic mass is 16.6. The van der Waals surface area contributed by atoms with Crippen LogP contribution in [0, 0.1) is 0 Å². The summed E-state index contributed by atoms with van der Waals surface area (Å²) in [6.07, 6.45) is 93.2. The number of esters is 2. The molecule has 422 valence electrons. The van der Waals surface area contributed by atoms with Crippen LogP contribution < -0.4 is 0 Å². The van der Waals surface area contributed by atoms with E-state index in [4.69, 9.17) is 9.47 Å². The second-order valence-electron chi connectivity index (χ2n) is 20.4. The van der Waals surface area contributed by atoms with Gasteiger partial charge in [0.15, 0.2) is 6.10 Å². The summed E-state index contributed by atoms with van der Waals surface area (Å²) in [6.45, 7) is 4.03. The zero-order valence-electron chi connectivity index (χ0n) is 48.3. The normalized spacial score (nSPS) is 13.1. The summed E-state index contributed by atoms with van der Waals surface area (Å²) in [7, 11) is 0. The van der Waals surface area contributed by atoms with Crippen molar-refractivity contribution in [2.75, 3.05) is 13.2 Å². The van der Waals surface area contributed by atoms with Crippen molar-refractivity contribution in [2.24, 2.45) is 0 Å². The van der Waals surface area contributed by atoms with Crippen LogP contribution in [-0.2, 0) is 19.1 Å². The van der Waals surface area contributed by atoms with E-state index in [-0.39, 0.29) is 25.2 Å². The van der Waals surface area contributed by atoms with Crippen LogP contribution in [0.15, 0.2) is 122 Å². The molecule has 0 spiro atoms. The summed E-state index contributed by atoms with van der Waals surface area (Å²) in [5.74, 6) is -0.599. The van der Waals surface area contributed by atoms with E-state index in [0.29, 0.717) is 12.8 Å². The fourth-order valence-electron chi connectivity index (χ4n) is 8.60. The third-order valence-corrected chi connectivity index (χ3v) is 13.2. The third kappa shape index (κ3) is 60.9. The maximum absolute atomic E-state index is 12.3. The van der Waals surface area contributed by atoms with Gasteiger partial charge < -0.3 is 14.6 Å². The van der Waals surface area contributed by atoms with Gasteiger partial charge in [-0.2, -0.15) is 0 Å². The van der Waals surface area contributed by atoms with Gasteiger partial charge in [-0.15, -0.1) is 0 Å². The van der Waals surface area contributed by atoms with E-state index in [9.17, 15) is 14.7 Å². The molecule has 5 nitrogen and oxygen atoms in total. The molecular weight excluding hydrogens is 909 g/mol. The topological polar surface area (TPSA) is 72.8 Å². The molecule has 0 aromatic heterocycles. The first-order valence-electron chi connectivity index (χ1n) is 31.1. The molecule has 0 saturated carbocycles. The molecule has 0 fully saturated rings. The molecule has 0 amide bonds. The van der Waals surface area contributed by atoms with Crippen LogP contribution >= 0.6 is 0 Å². The van der Waals surface area contributed by atoms with Crippen LogP contribution in [0.3, 0.4) is 0 Å². The third-order valence-electron chi connectivity index (χ3n) is 13.2. The van der Waals surface area contributed by atoms with Crippen molar-refractivity contribution in [1.29, 1.82) is 0 Å². The fraction of sp³-hybridized carbons (Fsp3) is 0.681. The summed E-state index contributed by atoms with van der Waals surface area (Å²) in [5.41, 5.74) is 0. The number of allylic oxidation sites excluding steroid dienone is 20. The molecule has 1 unspecified atom stereocenters. The summed E-state index contributed by atoms with van der Waals surface area (Å²) < 4.78 is 10.7. The Morgan fingerprint density at radius 3 is 0.878 bits per heavy atom. The van der Waals surface area contributed by atoms with Crippen molar-refractivity contribution in [2.45, 2.75) is 290 Å². The number of aliphatic hydroxyl groups is 1. The van der Waals surface area contributed by atoms with E-state index in [1.807, 2.05) is 0 Å². The smallest absolute Gasteiger partial charge is 0.306 e. The molecule has 0 bridgehead atoms. The highest BCUT2D eigenvalue weighted by molar-refractivity contribution is 5.70. The van der Waals surface area contributed by atoms with Crippen LogP contribution in [0.25, 0.3) is 0 Å². The Hall–Kier alpha value is -3.70. The standard InChI is InChI=1S/C69H116O5/c1-3-5-7-9-11-13-15-17-19-21-23-25-27-29-31-32-33-34-35-36-38-40-42-44-46-48-50-52-54-56-58-60-62-64-69(72)74-67(65-70)66-73-68(71)63-61-59-57-55-53-51-49-47-45-43-41-39-37-30-28-26-24-22-20-18-16-14-12-10-8-6-4-2/h5,7,11,13,16-19,22-25,29,31,33-34,36,38,42,44,67,70H,3-4,6,8-10,12,14-15,20-21,26-28,30,32,35,37,39-41,43,45-66H2,1-2H3/b7-5-,13-11-,18-16-,19-17-,24-22-,25-23-,31-29-,34-33-,38-36-,44-42-. The first-order valence-corrected chi connectivity index (χ1v) is 31.1. The Kier molecular flexibility index (Phi) is 60.4. The molecule has 5 heteroatoms. The second-order valence-corrected chi connectivity index (χ2v) is 20.4. The Bertz CT molecular complexity index is 1490. The van der Waals surface area contributed by atoms with Crippen molar-refractivity contribution < 1.29 is 24.2 Å². The van der Waals surface area contributed by atoms with Crippen molar-refractivity contribution in [3.05, 3.63) is 122 Å². The average Bonchev–Trinajstić information content (AvgIpc) is 3.40. The molecule has 0 aromatic rings. The number of hydrogen-bond donors (Lipinski definition) is 1. The predicted molar refractivity (Wildman–Crippen MR) is 325 cm³/mol. The molecular formula is C69H116O5. The van der Waals surface area contributed by atoms with Gasteiger partial charge in [-0.1, -0.05) is 283 Å². The average molecular weight is 1030 g/mol. The predicted octanol–water partition coefficient (Wildman–Crippen LogP) is 21.4. The summed E-state index contributed by atoms with van der Waals surface area (Å²) in [4.78, 5) is 24.6. The molecule has 1 N–H and O–H groups in total. The fourth-order valence-corrected chi connectivity index (χ4v) is 8.60. The Balaban J connectivity index is 3.55. The van der Waals surface area contributed by atoms with Gasteiger partial charge in [0.25, 0.3) is 0 Å². The lowest BCUT2D eigenvalue weighted by Gasteiger charge is -2.15. The molecule has 1 atom stereocenters. The zero-order chi connectivity index (χ0) is 53.4. The monoisotopic (exact) mass is 1020 g/mol. The number of ether oxygens (including phenoxy) is 2. The van der Waals surface area contributed by atoms with Crippen LogP contribution in [0.2, 0.25) is 0 Å². The van der Waals surface area contributed by atoms with Crippen LogP contribution in [0.4, 0.5) is 0 Å². The Morgan fingerprint density at radius 1 is 0.324 bits per heavy atom. The summed E-state index contributed by atoms with van der Waals surface area (Å²) >= 11 is 0. The van der Waals surface area contributed by atoms with Crippen LogP contribution in [0.1, 0.15) is 284 Å². The van der Waals surface area contributed by atoms with Crippen molar-refractivity contribution >= 4 is 11.9 Å². The molecule has 74 heavy (non-hydrogen) atoms. The molecule has 0 heterocycles. The summed E-state index contributed by atoms with van der Waals surface area (Å²) in [6, 6.07) is 0. The van der Waals surface area contributed by atoms with E-state index in [1.165, 1.54) is 154 Å². The highest BCUT2D eigenvalue weighted by Crippen LogP contribution is 2.16. The minimum Gasteiger partial charge on any atom is -0.462 e. The van der Waals surface area contributed by atoms with E-state index in [2.05, 4.69) is 135 Å². The Morgan fingerprint density at radius 2 is 0.581 bits per heavy atom. The number of carbonyl (C=O) groups excluding carboxylic acids is 2. The maximum atomic E-state index is 12.3. The van der Waals surface area contributed by atoms with E-state index < -0.39 is 6.10 Å². The van der Waals surface area contributed by atoms with Gasteiger partial charge in [-0.25, -0.2) is 0 Å². The number of aliphatic hydroxyl groups excluding tert-OH is 1. The van der Waals surface area contributed by atoms with Crippen LogP contribution in [0.5, 0.6) is 0 Å². The molecule has 0 aromatic carbocycles. The minimum atomic E-state index is -0.785. The SMILES string of the molecule is CC/C=C\C/C=C\C/C=C\C/C=C\C/C=C\C/C=C\C/C=C\C/C=C\CCCCCCCCCCC(=O)OC(CO)COC(=O)CCCCCCCCCCCCCCCCC/C=C\C/C=C\CCCCCCC. The number of unbranched alkanes of at least 4 members (excludes halogenated alkanes) is 28. The highest BCUT2D eigenvalue weighted by Gasteiger charge is 2.16. The van der Waals surface area contributed by atoms with E-state index in [0.717, 1.165) is 103 Å². The van der Waals surface area contributed by atoms with E-state index >= 15 is 0 Å². The quantitative estimate of drug-likeness (QED) is 0.0373. The van der Waals surface area contributed by atoms with Gasteiger partial charge in [0, 0.05) is 12.8 Å². The first-order chi connectivity index (χ1) is 36.6. The van der Waals surface area contributed by atoms with Gasteiger partial charge in [-0.05, 0) is 109 Å². The van der Waals surface area contributed by atoms with Gasteiger partial charge >= 0.3 is 11.9 Å². The Labute approximate surface area is 458 Å². The molecule has 0 radical (unpaired) electrons. The number of rotatable bonds is 56. The minimum absolute atomic E-state index is 0.0741. The molecule has 0 aliphatic heterocycles. The van der Waals surface area contributed by atoms with Gasteiger partial charge in [0.2, 0.25) is 0 Å². The zero-order valence-corrected chi connectivity index (χ0v) is 48.3. The van der Waals surface area contributed by atoms with Crippen LogP contribution in [-0.4, -0.2) is 36.4 Å². The molecule has 0 aliphatic carbocycles. The van der Waals surface area contributed by atoms with E-state index in [1.54, 1.807) is 0 Å². The number of carbonyl (C=O) groups is 2. The molecule has 0 rings (SSSR count). The largest absolute Gasteiger partial charge is 0.462 e. The summed E-state index contributed by atoms with van der Waals surface area (Å²) in [5, 5.41) is 9.68.